The van der Waals surface area contributed by atoms with E-state index in [0.29, 0.717) is 18.0 Å². The number of hydrogen-bond acceptors (Lipinski definition) is 4. The van der Waals surface area contributed by atoms with Crippen molar-refractivity contribution in [2.75, 3.05) is 18.6 Å². The lowest BCUT2D eigenvalue weighted by molar-refractivity contribution is -0.145. The fourth-order valence-electron chi connectivity index (χ4n) is 2.30. The van der Waals surface area contributed by atoms with Gasteiger partial charge in [-0.1, -0.05) is 12.1 Å². The normalized spacial score (nSPS) is 18.5. The zero-order valence-corrected chi connectivity index (χ0v) is 12.0. The number of ether oxygens (including phenoxy) is 2. The lowest BCUT2D eigenvalue weighted by Gasteiger charge is -2.21. The van der Waals surface area contributed by atoms with E-state index in [4.69, 9.17) is 9.47 Å². The van der Waals surface area contributed by atoms with Gasteiger partial charge in [-0.2, -0.15) is 0 Å². The molecule has 1 aliphatic rings. The Bertz CT molecular complexity index is 512. The van der Waals surface area contributed by atoms with Gasteiger partial charge in [-0.3, -0.25) is 9.59 Å². The third-order valence-electron chi connectivity index (χ3n) is 3.18. The molecule has 0 saturated carbocycles. The zero-order valence-electron chi connectivity index (χ0n) is 12.0. The molecule has 5 heteroatoms. The lowest BCUT2D eigenvalue weighted by atomic mass is 10.1. The molecule has 0 spiro atoms. The molecule has 1 aliphatic heterocycles. The summed E-state index contributed by atoms with van der Waals surface area (Å²) in [5.41, 5.74) is 0.706. The number of hydrogen-bond donors (Lipinski definition) is 0. The molecule has 0 radical (unpaired) electrons. The number of esters is 1. The van der Waals surface area contributed by atoms with Crippen molar-refractivity contribution in [3.05, 3.63) is 24.3 Å². The summed E-state index contributed by atoms with van der Waals surface area (Å²) in [6, 6.07) is 7.37. The first-order valence-corrected chi connectivity index (χ1v) is 6.66. The summed E-state index contributed by atoms with van der Waals surface area (Å²) in [4.78, 5) is 25.3. The van der Waals surface area contributed by atoms with E-state index in [1.807, 2.05) is 38.1 Å². The maximum atomic E-state index is 12.1. The first-order valence-electron chi connectivity index (χ1n) is 6.66. The van der Waals surface area contributed by atoms with Crippen LogP contribution in [-0.4, -0.2) is 31.6 Å². The minimum absolute atomic E-state index is 0.0188. The summed E-state index contributed by atoms with van der Waals surface area (Å²) < 4.78 is 10.4. The zero-order chi connectivity index (χ0) is 14.7. The fraction of sp³-hybridized carbons (Fsp3) is 0.467. The molecule has 1 saturated heterocycles. The number of benzene rings is 1. The minimum atomic E-state index is -0.403. The van der Waals surface area contributed by atoms with E-state index < -0.39 is 5.92 Å². The Kier molecular flexibility index (Phi) is 4.27. The van der Waals surface area contributed by atoms with Gasteiger partial charge in [0.05, 0.1) is 24.8 Å². The van der Waals surface area contributed by atoms with Crippen molar-refractivity contribution in [2.45, 2.75) is 26.4 Å². The molecular weight excluding hydrogens is 258 g/mol. The van der Waals surface area contributed by atoms with Crippen LogP contribution in [0.2, 0.25) is 0 Å². The van der Waals surface area contributed by atoms with Crippen LogP contribution in [0.3, 0.4) is 0 Å². The Labute approximate surface area is 118 Å². The highest BCUT2D eigenvalue weighted by Crippen LogP contribution is 2.33. The van der Waals surface area contributed by atoms with Crippen LogP contribution in [0.25, 0.3) is 0 Å². The van der Waals surface area contributed by atoms with Gasteiger partial charge in [0.2, 0.25) is 5.91 Å². The van der Waals surface area contributed by atoms with Crippen LogP contribution in [-0.2, 0) is 14.3 Å². The molecule has 1 fully saturated rings. The second-order valence-electron chi connectivity index (χ2n) is 5.06. The van der Waals surface area contributed by atoms with E-state index in [0.717, 1.165) is 0 Å². The second kappa shape index (κ2) is 5.94. The molecule has 0 aliphatic carbocycles. The highest BCUT2D eigenvalue weighted by Gasteiger charge is 2.36. The van der Waals surface area contributed by atoms with Gasteiger partial charge in [-0.15, -0.1) is 0 Å². The first kappa shape index (κ1) is 14.4. The number of rotatable bonds is 4. The third-order valence-corrected chi connectivity index (χ3v) is 3.18. The number of carbonyl (C=O) groups excluding carboxylic acids is 2. The van der Waals surface area contributed by atoms with Crippen LogP contribution in [0.4, 0.5) is 5.69 Å². The second-order valence-corrected chi connectivity index (χ2v) is 5.06. The van der Waals surface area contributed by atoms with E-state index in [1.165, 1.54) is 7.11 Å². The third kappa shape index (κ3) is 2.92. The Balaban J connectivity index is 2.24. The molecule has 0 N–H and O–H groups in total. The molecule has 1 unspecified atom stereocenters. The standard InChI is InChI=1S/C15H19NO4/c1-10(2)20-13-7-5-4-6-12(13)16-9-11(8-14(16)17)15(18)19-3/h4-7,10-11H,8-9H2,1-3H3. The average molecular weight is 277 g/mol. The molecule has 1 aromatic rings. The molecule has 20 heavy (non-hydrogen) atoms. The predicted octanol–water partition coefficient (Wildman–Crippen LogP) is 2.00. The Hall–Kier alpha value is -2.04. The van der Waals surface area contributed by atoms with Crippen molar-refractivity contribution in [1.82, 2.24) is 0 Å². The van der Waals surface area contributed by atoms with Crippen molar-refractivity contribution in [3.63, 3.8) is 0 Å². The number of amides is 1. The molecule has 1 atom stereocenters. The summed E-state index contributed by atoms with van der Waals surface area (Å²) in [5, 5.41) is 0. The number of methoxy groups -OCH3 is 1. The van der Waals surface area contributed by atoms with E-state index in [2.05, 4.69) is 0 Å². The molecule has 1 amide bonds. The summed E-state index contributed by atoms with van der Waals surface area (Å²) in [7, 11) is 1.34. The minimum Gasteiger partial charge on any atom is -0.489 e. The van der Waals surface area contributed by atoms with Crippen LogP contribution in [0.5, 0.6) is 5.75 Å². The van der Waals surface area contributed by atoms with Crippen LogP contribution in [0.1, 0.15) is 20.3 Å². The quantitative estimate of drug-likeness (QED) is 0.790. The van der Waals surface area contributed by atoms with Gasteiger partial charge in [0, 0.05) is 13.0 Å². The largest absolute Gasteiger partial charge is 0.489 e. The van der Waals surface area contributed by atoms with Crippen molar-refractivity contribution in [1.29, 1.82) is 0 Å². The Morgan fingerprint density at radius 1 is 1.35 bits per heavy atom. The number of para-hydroxylation sites is 2. The van der Waals surface area contributed by atoms with Gasteiger partial charge in [0.25, 0.3) is 0 Å². The van der Waals surface area contributed by atoms with E-state index in [1.54, 1.807) is 4.90 Å². The number of carbonyl (C=O) groups is 2. The number of anilines is 1. The summed E-state index contributed by atoms with van der Waals surface area (Å²) in [6.45, 7) is 4.20. The summed E-state index contributed by atoms with van der Waals surface area (Å²) in [5.74, 6) is -0.177. The predicted molar refractivity (Wildman–Crippen MR) is 74.7 cm³/mol. The first-order chi connectivity index (χ1) is 9.52. The van der Waals surface area contributed by atoms with Gasteiger partial charge in [0.15, 0.2) is 0 Å². The summed E-state index contributed by atoms with van der Waals surface area (Å²) >= 11 is 0. The SMILES string of the molecule is COC(=O)C1CC(=O)N(c2ccccc2OC(C)C)C1. The van der Waals surface area contributed by atoms with Crippen LogP contribution >= 0.6 is 0 Å². The Morgan fingerprint density at radius 2 is 2.05 bits per heavy atom. The highest BCUT2D eigenvalue weighted by molar-refractivity contribution is 6.00. The summed E-state index contributed by atoms with van der Waals surface area (Å²) in [6.07, 6.45) is 0.202. The van der Waals surface area contributed by atoms with Crippen LogP contribution < -0.4 is 9.64 Å². The molecule has 108 valence electrons. The van der Waals surface area contributed by atoms with Crippen molar-refractivity contribution in [3.8, 4) is 5.75 Å². The number of nitrogens with zero attached hydrogens (tertiary/aromatic N) is 1. The topological polar surface area (TPSA) is 55.8 Å². The van der Waals surface area contributed by atoms with E-state index >= 15 is 0 Å². The highest BCUT2D eigenvalue weighted by atomic mass is 16.5. The molecule has 0 bridgehead atoms. The maximum absolute atomic E-state index is 12.1. The maximum Gasteiger partial charge on any atom is 0.311 e. The molecule has 1 heterocycles. The van der Waals surface area contributed by atoms with Gasteiger partial charge < -0.3 is 14.4 Å². The van der Waals surface area contributed by atoms with Crippen molar-refractivity contribution in [2.24, 2.45) is 5.92 Å². The van der Waals surface area contributed by atoms with Gasteiger partial charge >= 0.3 is 5.97 Å². The Morgan fingerprint density at radius 3 is 2.70 bits per heavy atom. The molecule has 1 aromatic carbocycles. The monoisotopic (exact) mass is 277 g/mol. The molecule has 2 rings (SSSR count). The van der Waals surface area contributed by atoms with Gasteiger partial charge in [-0.05, 0) is 26.0 Å². The van der Waals surface area contributed by atoms with Crippen molar-refractivity contribution >= 4 is 17.6 Å². The molecular formula is C15H19NO4. The lowest BCUT2D eigenvalue weighted by Crippen LogP contribution is -2.27. The van der Waals surface area contributed by atoms with Crippen LogP contribution in [0, 0.1) is 5.92 Å². The van der Waals surface area contributed by atoms with Gasteiger partial charge in [0.1, 0.15) is 5.75 Å². The average Bonchev–Trinajstić information content (AvgIpc) is 2.80. The van der Waals surface area contributed by atoms with Crippen LogP contribution in [0.15, 0.2) is 24.3 Å². The smallest absolute Gasteiger partial charge is 0.311 e. The van der Waals surface area contributed by atoms with E-state index in [-0.39, 0.29) is 24.4 Å². The molecule has 0 aromatic heterocycles. The van der Waals surface area contributed by atoms with E-state index in [9.17, 15) is 9.59 Å². The fourth-order valence-corrected chi connectivity index (χ4v) is 2.30. The molecule has 5 nitrogen and oxygen atoms in total. The van der Waals surface area contributed by atoms with Gasteiger partial charge in [-0.25, -0.2) is 0 Å². The van der Waals surface area contributed by atoms with Crippen molar-refractivity contribution < 1.29 is 19.1 Å².